The largest absolute Gasteiger partial charge is 0.300 e. The second-order valence-corrected chi connectivity index (χ2v) is 2.21. The van der Waals surface area contributed by atoms with Crippen molar-refractivity contribution in [1.29, 1.82) is 0 Å². The summed E-state index contributed by atoms with van der Waals surface area (Å²) in [6, 6.07) is 0. The minimum atomic E-state index is 0.248. The molecule has 0 atom stereocenters. The molecule has 2 heteroatoms. The van der Waals surface area contributed by atoms with Gasteiger partial charge in [0.05, 0.1) is 0 Å². The standard InChI is InChI=1S/C7H11ClO/c1-7(9)5-3-2-4-6-8/h4,6H,2-3,5H2,1H3/b6-4+. The number of ketones is 1. The van der Waals surface area contributed by atoms with Gasteiger partial charge in [-0.15, -0.1) is 0 Å². The molecular formula is C7H11ClO. The van der Waals surface area contributed by atoms with Crippen LogP contribution in [0, 0.1) is 0 Å². The summed E-state index contributed by atoms with van der Waals surface area (Å²) in [5.41, 5.74) is 1.49. The average Bonchev–Trinajstić information content (AvgIpc) is 1.80. The van der Waals surface area contributed by atoms with E-state index in [2.05, 4.69) is 0 Å². The molecule has 0 spiro atoms. The number of rotatable bonds is 4. The van der Waals surface area contributed by atoms with Gasteiger partial charge in [-0.2, -0.15) is 0 Å². The van der Waals surface area contributed by atoms with Gasteiger partial charge in [0, 0.05) is 12.0 Å². The van der Waals surface area contributed by atoms with Gasteiger partial charge in [0.2, 0.25) is 0 Å². The van der Waals surface area contributed by atoms with Gasteiger partial charge >= 0.3 is 0 Å². The number of halogens is 1. The number of carbonyl (C=O) groups excluding carboxylic acids is 1. The third kappa shape index (κ3) is 7.70. The topological polar surface area (TPSA) is 17.1 Å². The second-order valence-electron chi connectivity index (χ2n) is 1.96. The van der Waals surface area contributed by atoms with Crippen molar-refractivity contribution in [3.63, 3.8) is 0 Å². The normalized spacial score (nSPS) is 10.4. The summed E-state index contributed by atoms with van der Waals surface area (Å²) in [6.07, 6.45) is 4.34. The second kappa shape index (κ2) is 5.83. The summed E-state index contributed by atoms with van der Waals surface area (Å²) in [6.45, 7) is 1.60. The SMILES string of the molecule is CC(=O)CCC/C=C/Cl. The number of carbonyl (C=O) groups is 1. The Hall–Kier alpha value is -0.300. The summed E-state index contributed by atoms with van der Waals surface area (Å²) in [4.78, 5) is 10.3. The molecule has 0 bridgehead atoms. The first-order chi connectivity index (χ1) is 4.27. The summed E-state index contributed by atoms with van der Waals surface area (Å²) in [5.74, 6) is 0.248. The molecule has 0 fully saturated rings. The van der Waals surface area contributed by atoms with Crippen LogP contribution in [0.5, 0.6) is 0 Å². The highest BCUT2D eigenvalue weighted by atomic mass is 35.5. The first-order valence-corrected chi connectivity index (χ1v) is 3.45. The molecule has 0 rings (SSSR count). The van der Waals surface area contributed by atoms with Crippen LogP contribution in [0.25, 0.3) is 0 Å². The van der Waals surface area contributed by atoms with Crippen molar-refractivity contribution in [2.75, 3.05) is 0 Å². The van der Waals surface area contributed by atoms with E-state index in [0.717, 1.165) is 12.8 Å². The fraction of sp³-hybridized carbons (Fsp3) is 0.571. The van der Waals surface area contributed by atoms with E-state index in [-0.39, 0.29) is 5.78 Å². The predicted molar refractivity (Wildman–Crippen MR) is 39.5 cm³/mol. The number of hydrogen-bond acceptors (Lipinski definition) is 1. The zero-order valence-electron chi connectivity index (χ0n) is 5.56. The molecule has 9 heavy (non-hydrogen) atoms. The van der Waals surface area contributed by atoms with Crippen LogP contribution in [0.1, 0.15) is 26.2 Å². The Kier molecular flexibility index (Phi) is 5.64. The molecule has 0 aliphatic carbocycles. The van der Waals surface area contributed by atoms with E-state index in [1.807, 2.05) is 6.08 Å². The Bertz CT molecular complexity index is 107. The summed E-state index contributed by atoms with van der Waals surface area (Å²) < 4.78 is 0. The summed E-state index contributed by atoms with van der Waals surface area (Å²) >= 11 is 5.25. The van der Waals surface area contributed by atoms with E-state index < -0.39 is 0 Å². The quantitative estimate of drug-likeness (QED) is 0.557. The molecule has 0 heterocycles. The van der Waals surface area contributed by atoms with Crippen molar-refractivity contribution in [3.8, 4) is 0 Å². The number of allylic oxidation sites excluding steroid dienone is 1. The summed E-state index contributed by atoms with van der Waals surface area (Å²) in [7, 11) is 0. The van der Waals surface area contributed by atoms with E-state index in [1.54, 1.807) is 6.92 Å². The first kappa shape index (κ1) is 8.70. The van der Waals surface area contributed by atoms with Gasteiger partial charge in [-0.1, -0.05) is 17.7 Å². The predicted octanol–water partition coefficient (Wildman–Crippen LogP) is 2.50. The van der Waals surface area contributed by atoms with E-state index in [0.29, 0.717) is 6.42 Å². The van der Waals surface area contributed by atoms with Crippen LogP contribution < -0.4 is 0 Å². The fourth-order valence-electron chi connectivity index (χ4n) is 0.532. The maximum atomic E-state index is 10.3. The van der Waals surface area contributed by atoms with Crippen LogP contribution in [0.2, 0.25) is 0 Å². The van der Waals surface area contributed by atoms with Crippen LogP contribution in [-0.4, -0.2) is 5.78 Å². The highest BCUT2D eigenvalue weighted by molar-refractivity contribution is 6.25. The molecule has 0 unspecified atom stereocenters. The lowest BCUT2D eigenvalue weighted by atomic mass is 10.2. The first-order valence-electron chi connectivity index (χ1n) is 3.02. The molecule has 0 aliphatic heterocycles. The van der Waals surface area contributed by atoms with Crippen molar-refractivity contribution < 1.29 is 4.79 Å². The molecule has 0 aromatic carbocycles. The molecule has 52 valence electrons. The molecule has 0 aromatic rings. The van der Waals surface area contributed by atoms with Gasteiger partial charge in [0.25, 0.3) is 0 Å². The summed E-state index contributed by atoms with van der Waals surface area (Å²) in [5, 5.41) is 0. The molecule has 0 aliphatic rings. The minimum Gasteiger partial charge on any atom is -0.300 e. The maximum absolute atomic E-state index is 10.3. The van der Waals surface area contributed by atoms with Crippen LogP contribution in [0.4, 0.5) is 0 Å². The Morgan fingerprint density at radius 1 is 1.67 bits per heavy atom. The number of Topliss-reactive ketones (excluding diaryl/α,β-unsaturated/α-hetero) is 1. The van der Waals surface area contributed by atoms with Gasteiger partial charge in [0.15, 0.2) is 0 Å². The van der Waals surface area contributed by atoms with E-state index in [9.17, 15) is 4.79 Å². The molecule has 0 aromatic heterocycles. The Balaban J connectivity index is 3.01. The molecule has 0 amide bonds. The third-order valence-electron chi connectivity index (χ3n) is 0.989. The lowest BCUT2D eigenvalue weighted by molar-refractivity contribution is -0.117. The Morgan fingerprint density at radius 2 is 2.33 bits per heavy atom. The van der Waals surface area contributed by atoms with Crippen molar-refractivity contribution in [2.45, 2.75) is 26.2 Å². The number of hydrogen-bond donors (Lipinski definition) is 0. The van der Waals surface area contributed by atoms with Gasteiger partial charge in [-0.05, 0) is 19.8 Å². The van der Waals surface area contributed by atoms with E-state index in [4.69, 9.17) is 11.6 Å². The maximum Gasteiger partial charge on any atom is 0.129 e. The van der Waals surface area contributed by atoms with Gasteiger partial charge in [-0.25, -0.2) is 0 Å². The van der Waals surface area contributed by atoms with Crippen molar-refractivity contribution in [1.82, 2.24) is 0 Å². The van der Waals surface area contributed by atoms with Crippen molar-refractivity contribution in [2.24, 2.45) is 0 Å². The lowest BCUT2D eigenvalue weighted by Crippen LogP contribution is -1.87. The van der Waals surface area contributed by atoms with Crippen LogP contribution >= 0.6 is 11.6 Å². The molecule has 0 N–H and O–H groups in total. The monoisotopic (exact) mass is 146 g/mol. The third-order valence-corrected chi connectivity index (χ3v) is 1.17. The highest BCUT2D eigenvalue weighted by Gasteiger charge is 1.89. The van der Waals surface area contributed by atoms with Crippen LogP contribution in [0.15, 0.2) is 11.6 Å². The zero-order valence-corrected chi connectivity index (χ0v) is 6.32. The average molecular weight is 147 g/mol. The molecule has 0 saturated heterocycles. The van der Waals surface area contributed by atoms with Gasteiger partial charge < -0.3 is 4.79 Å². The fourth-order valence-corrected chi connectivity index (χ4v) is 0.658. The molecule has 0 radical (unpaired) electrons. The molecule has 1 nitrogen and oxygen atoms in total. The minimum absolute atomic E-state index is 0.248. The van der Waals surface area contributed by atoms with Crippen LogP contribution in [-0.2, 0) is 4.79 Å². The Labute approximate surface area is 60.7 Å². The highest BCUT2D eigenvalue weighted by Crippen LogP contribution is 1.97. The van der Waals surface area contributed by atoms with Crippen molar-refractivity contribution in [3.05, 3.63) is 11.6 Å². The van der Waals surface area contributed by atoms with Gasteiger partial charge in [0.1, 0.15) is 5.78 Å². The van der Waals surface area contributed by atoms with E-state index >= 15 is 0 Å². The van der Waals surface area contributed by atoms with E-state index in [1.165, 1.54) is 5.54 Å². The smallest absolute Gasteiger partial charge is 0.129 e. The number of unbranched alkanes of at least 4 members (excludes halogenated alkanes) is 1. The lowest BCUT2D eigenvalue weighted by Gasteiger charge is -1.88. The zero-order chi connectivity index (χ0) is 7.11. The van der Waals surface area contributed by atoms with Crippen LogP contribution in [0.3, 0.4) is 0 Å². The van der Waals surface area contributed by atoms with Crippen molar-refractivity contribution >= 4 is 17.4 Å². The molecule has 0 saturated carbocycles. The Morgan fingerprint density at radius 3 is 2.78 bits per heavy atom. The molecular weight excluding hydrogens is 136 g/mol. The van der Waals surface area contributed by atoms with Gasteiger partial charge in [-0.3, -0.25) is 0 Å².